The van der Waals surface area contributed by atoms with Crippen molar-refractivity contribution in [2.75, 3.05) is 13.2 Å². The van der Waals surface area contributed by atoms with Gasteiger partial charge in [-0.05, 0) is 38.1 Å². The summed E-state index contributed by atoms with van der Waals surface area (Å²) < 4.78 is 7.86. The maximum absolute atomic E-state index is 5.67. The van der Waals surface area contributed by atoms with Crippen LogP contribution in [-0.4, -0.2) is 17.7 Å². The Kier molecular flexibility index (Phi) is 3.49. The van der Waals surface area contributed by atoms with Crippen molar-refractivity contribution < 1.29 is 4.74 Å². The first kappa shape index (κ1) is 11.7. The molecule has 0 aliphatic carbocycles. The van der Waals surface area contributed by atoms with E-state index >= 15 is 0 Å². The highest BCUT2D eigenvalue weighted by atomic mass is 16.5. The molecule has 0 atom stereocenters. The van der Waals surface area contributed by atoms with Crippen molar-refractivity contribution in [1.29, 1.82) is 0 Å². The summed E-state index contributed by atoms with van der Waals surface area (Å²) in [4.78, 5) is 0. The van der Waals surface area contributed by atoms with Gasteiger partial charge in [-0.3, -0.25) is 0 Å². The molecule has 1 aromatic heterocycles. The molecule has 3 nitrogen and oxygen atoms in total. The number of hydrogen-bond donors (Lipinski definition) is 1. The van der Waals surface area contributed by atoms with Gasteiger partial charge in [-0.1, -0.05) is 12.1 Å². The summed E-state index contributed by atoms with van der Waals surface area (Å²) in [6.45, 7) is 5.24. The maximum atomic E-state index is 5.67. The molecule has 2 aromatic rings. The van der Waals surface area contributed by atoms with Gasteiger partial charge in [-0.15, -0.1) is 0 Å². The van der Waals surface area contributed by atoms with Gasteiger partial charge in [0.2, 0.25) is 0 Å². The van der Waals surface area contributed by atoms with Gasteiger partial charge in [0.15, 0.2) is 0 Å². The van der Waals surface area contributed by atoms with Crippen LogP contribution in [0.1, 0.15) is 11.4 Å². The molecule has 3 heteroatoms. The van der Waals surface area contributed by atoms with Crippen molar-refractivity contribution in [2.24, 2.45) is 5.73 Å². The standard InChI is InChI=1S/C14H18N2O/c1-11-7-8-12(2)16(11)13-5-3-4-6-14(13)17-10-9-15/h3-8H,9-10,15H2,1-2H3. The number of ether oxygens (including phenoxy) is 1. The zero-order chi connectivity index (χ0) is 12.3. The fourth-order valence-electron chi connectivity index (χ4n) is 1.98. The lowest BCUT2D eigenvalue weighted by atomic mass is 10.2. The van der Waals surface area contributed by atoms with Crippen LogP contribution < -0.4 is 10.5 Å². The molecule has 0 radical (unpaired) electrons. The number of nitrogens with zero attached hydrogens (tertiary/aromatic N) is 1. The van der Waals surface area contributed by atoms with Gasteiger partial charge >= 0.3 is 0 Å². The molecule has 2 rings (SSSR count). The minimum absolute atomic E-state index is 0.526. The van der Waals surface area contributed by atoms with Crippen molar-refractivity contribution in [3.63, 3.8) is 0 Å². The summed E-state index contributed by atoms with van der Waals surface area (Å²) in [5, 5.41) is 0. The van der Waals surface area contributed by atoms with Gasteiger partial charge in [-0.2, -0.15) is 0 Å². The quantitative estimate of drug-likeness (QED) is 0.876. The zero-order valence-electron chi connectivity index (χ0n) is 10.3. The average Bonchev–Trinajstić information content (AvgIpc) is 2.67. The highest BCUT2D eigenvalue weighted by Gasteiger charge is 2.08. The van der Waals surface area contributed by atoms with E-state index in [1.807, 2.05) is 18.2 Å². The van der Waals surface area contributed by atoms with E-state index in [1.165, 1.54) is 11.4 Å². The summed E-state index contributed by atoms with van der Waals surface area (Å²) in [7, 11) is 0. The van der Waals surface area contributed by atoms with Gasteiger partial charge < -0.3 is 15.0 Å². The molecule has 17 heavy (non-hydrogen) atoms. The number of hydrogen-bond acceptors (Lipinski definition) is 2. The Labute approximate surface area is 102 Å². The van der Waals surface area contributed by atoms with Gasteiger partial charge in [0.1, 0.15) is 12.4 Å². The molecule has 0 aliphatic heterocycles. The lowest BCUT2D eigenvalue weighted by molar-refractivity contribution is 0.327. The number of nitrogens with two attached hydrogens (primary N) is 1. The zero-order valence-corrected chi connectivity index (χ0v) is 10.3. The topological polar surface area (TPSA) is 40.2 Å². The lowest BCUT2D eigenvalue weighted by Gasteiger charge is -2.14. The molecule has 0 spiro atoms. The fourth-order valence-corrected chi connectivity index (χ4v) is 1.98. The Balaban J connectivity index is 2.44. The second-order valence-electron chi connectivity index (χ2n) is 4.06. The second kappa shape index (κ2) is 5.06. The Morgan fingerprint density at radius 3 is 2.35 bits per heavy atom. The minimum Gasteiger partial charge on any atom is -0.490 e. The Morgan fingerprint density at radius 1 is 1.06 bits per heavy atom. The molecule has 0 aliphatic rings. The third kappa shape index (κ3) is 2.34. The van der Waals surface area contributed by atoms with Crippen LogP contribution in [0.25, 0.3) is 5.69 Å². The van der Waals surface area contributed by atoms with E-state index in [9.17, 15) is 0 Å². The second-order valence-corrected chi connectivity index (χ2v) is 4.06. The van der Waals surface area contributed by atoms with Crippen molar-refractivity contribution >= 4 is 0 Å². The van der Waals surface area contributed by atoms with Crippen LogP contribution >= 0.6 is 0 Å². The summed E-state index contributed by atoms with van der Waals surface area (Å²) in [6, 6.07) is 12.2. The predicted molar refractivity (Wildman–Crippen MR) is 69.8 cm³/mol. The van der Waals surface area contributed by atoms with Crippen LogP contribution in [0, 0.1) is 13.8 Å². The van der Waals surface area contributed by atoms with E-state index in [1.54, 1.807) is 0 Å². The largest absolute Gasteiger partial charge is 0.490 e. The molecule has 2 N–H and O–H groups in total. The summed E-state index contributed by atoms with van der Waals surface area (Å²) in [6.07, 6.45) is 0. The molecular formula is C14H18N2O. The summed E-state index contributed by atoms with van der Waals surface area (Å²) in [5.41, 5.74) is 8.94. The average molecular weight is 230 g/mol. The van der Waals surface area contributed by atoms with E-state index in [-0.39, 0.29) is 0 Å². The highest BCUT2D eigenvalue weighted by Crippen LogP contribution is 2.25. The lowest BCUT2D eigenvalue weighted by Crippen LogP contribution is -2.12. The predicted octanol–water partition coefficient (Wildman–Crippen LogP) is 2.43. The normalized spacial score (nSPS) is 10.5. The molecule has 90 valence electrons. The van der Waals surface area contributed by atoms with Crippen LogP contribution in [0.4, 0.5) is 0 Å². The Morgan fingerprint density at radius 2 is 1.71 bits per heavy atom. The molecule has 0 saturated carbocycles. The van der Waals surface area contributed by atoms with E-state index in [2.05, 4.69) is 36.6 Å². The smallest absolute Gasteiger partial charge is 0.143 e. The monoisotopic (exact) mass is 230 g/mol. The van der Waals surface area contributed by atoms with Crippen LogP contribution in [0.5, 0.6) is 5.75 Å². The number of benzene rings is 1. The molecule has 0 bridgehead atoms. The van der Waals surface area contributed by atoms with Gasteiger partial charge in [0.25, 0.3) is 0 Å². The Bertz CT molecular complexity index is 483. The summed E-state index contributed by atoms with van der Waals surface area (Å²) >= 11 is 0. The van der Waals surface area contributed by atoms with Crippen LogP contribution in [0.3, 0.4) is 0 Å². The van der Waals surface area contributed by atoms with Gasteiger partial charge in [0, 0.05) is 17.9 Å². The molecule has 1 heterocycles. The first-order valence-electron chi connectivity index (χ1n) is 5.81. The molecule has 0 amide bonds. The SMILES string of the molecule is Cc1ccc(C)n1-c1ccccc1OCCN. The first-order valence-corrected chi connectivity index (χ1v) is 5.81. The third-order valence-electron chi connectivity index (χ3n) is 2.75. The van der Waals surface area contributed by atoms with Crippen molar-refractivity contribution in [1.82, 2.24) is 4.57 Å². The van der Waals surface area contributed by atoms with Gasteiger partial charge in [-0.25, -0.2) is 0 Å². The first-order chi connectivity index (χ1) is 8.24. The summed E-state index contributed by atoms with van der Waals surface area (Å²) in [5.74, 6) is 0.875. The van der Waals surface area contributed by atoms with Crippen LogP contribution in [0.2, 0.25) is 0 Å². The number of para-hydroxylation sites is 2. The molecule has 0 unspecified atom stereocenters. The number of rotatable bonds is 4. The van der Waals surface area contributed by atoms with Crippen LogP contribution in [-0.2, 0) is 0 Å². The fraction of sp³-hybridized carbons (Fsp3) is 0.286. The van der Waals surface area contributed by atoms with E-state index < -0.39 is 0 Å². The molecular weight excluding hydrogens is 212 g/mol. The highest BCUT2D eigenvalue weighted by molar-refractivity contribution is 5.49. The van der Waals surface area contributed by atoms with E-state index in [0.717, 1.165) is 11.4 Å². The van der Waals surface area contributed by atoms with Crippen LogP contribution in [0.15, 0.2) is 36.4 Å². The number of aryl methyl sites for hydroxylation is 2. The van der Waals surface area contributed by atoms with E-state index in [4.69, 9.17) is 10.5 Å². The third-order valence-corrected chi connectivity index (χ3v) is 2.75. The van der Waals surface area contributed by atoms with Crippen molar-refractivity contribution in [3.05, 3.63) is 47.8 Å². The Hall–Kier alpha value is -1.74. The molecule has 1 aromatic carbocycles. The van der Waals surface area contributed by atoms with Crippen molar-refractivity contribution in [2.45, 2.75) is 13.8 Å². The molecule has 0 fully saturated rings. The van der Waals surface area contributed by atoms with E-state index in [0.29, 0.717) is 13.2 Å². The molecule has 0 saturated heterocycles. The van der Waals surface area contributed by atoms with Gasteiger partial charge in [0.05, 0.1) is 5.69 Å². The number of aromatic nitrogens is 1. The minimum atomic E-state index is 0.526. The maximum Gasteiger partial charge on any atom is 0.143 e. The van der Waals surface area contributed by atoms with Crippen molar-refractivity contribution in [3.8, 4) is 11.4 Å².